The van der Waals surface area contributed by atoms with Gasteiger partial charge in [0.1, 0.15) is 0 Å². The molecule has 0 amide bonds. The van der Waals surface area contributed by atoms with Crippen LogP contribution in [0.4, 0.5) is 5.69 Å². The summed E-state index contributed by atoms with van der Waals surface area (Å²) in [5.74, 6) is 0.930. The van der Waals surface area contributed by atoms with Crippen LogP contribution in [0.3, 0.4) is 0 Å². The molecule has 2 nitrogen and oxygen atoms in total. The van der Waals surface area contributed by atoms with E-state index in [2.05, 4.69) is 60.1 Å². The summed E-state index contributed by atoms with van der Waals surface area (Å²) in [6.07, 6.45) is 16.8. The first-order valence-corrected chi connectivity index (χ1v) is 12.0. The average Bonchev–Trinajstić information content (AvgIpc) is 3.34. The third kappa shape index (κ3) is 4.03. The van der Waals surface area contributed by atoms with Crippen molar-refractivity contribution in [2.75, 3.05) is 31.1 Å². The van der Waals surface area contributed by atoms with Gasteiger partial charge >= 0.3 is 0 Å². The summed E-state index contributed by atoms with van der Waals surface area (Å²) in [6.45, 7) is 9.63. The highest BCUT2D eigenvalue weighted by atomic mass is 15.2. The van der Waals surface area contributed by atoms with Gasteiger partial charge in [-0.1, -0.05) is 50.1 Å². The lowest BCUT2D eigenvalue weighted by Crippen LogP contribution is -2.48. The van der Waals surface area contributed by atoms with E-state index >= 15 is 0 Å². The van der Waals surface area contributed by atoms with E-state index in [9.17, 15) is 0 Å². The zero-order chi connectivity index (χ0) is 19.4. The molecule has 28 heavy (non-hydrogen) atoms. The maximum atomic E-state index is 2.80. The van der Waals surface area contributed by atoms with Crippen molar-refractivity contribution < 1.29 is 0 Å². The summed E-state index contributed by atoms with van der Waals surface area (Å²) >= 11 is 0. The van der Waals surface area contributed by atoms with Gasteiger partial charge in [-0.15, -0.1) is 0 Å². The first-order chi connectivity index (χ1) is 13.8. The molecule has 1 unspecified atom stereocenters. The van der Waals surface area contributed by atoms with E-state index in [1.54, 1.807) is 11.3 Å². The fraction of sp³-hybridized carbons (Fsp3) is 0.692. The van der Waals surface area contributed by atoms with Crippen LogP contribution in [0, 0.1) is 5.92 Å². The summed E-state index contributed by atoms with van der Waals surface area (Å²) in [6, 6.07) is 10.1. The predicted octanol–water partition coefficient (Wildman–Crippen LogP) is 6.17. The van der Waals surface area contributed by atoms with Gasteiger partial charge in [0.25, 0.3) is 0 Å². The van der Waals surface area contributed by atoms with Crippen LogP contribution in [-0.2, 0) is 5.41 Å². The number of anilines is 1. The summed E-state index contributed by atoms with van der Waals surface area (Å²) in [5, 5.41) is 0. The highest BCUT2D eigenvalue weighted by molar-refractivity contribution is 5.63. The first-order valence-electron chi connectivity index (χ1n) is 12.0. The second-order valence-corrected chi connectivity index (χ2v) is 9.57. The molecule has 2 fully saturated rings. The Kier molecular flexibility index (Phi) is 6.45. The van der Waals surface area contributed by atoms with Crippen LogP contribution < -0.4 is 4.90 Å². The van der Waals surface area contributed by atoms with Crippen LogP contribution in [0.25, 0.3) is 0 Å². The average molecular weight is 381 g/mol. The van der Waals surface area contributed by atoms with Crippen molar-refractivity contribution in [3.05, 3.63) is 42.0 Å². The lowest BCUT2D eigenvalue weighted by atomic mass is 9.74. The van der Waals surface area contributed by atoms with E-state index < -0.39 is 0 Å². The molecule has 1 aromatic carbocycles. The SMILES string of the molecule is C/C=C\CCC(CC)N1CCC2(CC1)CN(CC1CCCC1)c1ccccc12. The number of para-hydroxylation sites is 1. The van der Waals surface area contributed by atoms with Crippen molar-refractivity contribution in [1.82, 2.24) is 4.90 Å². The van der Waals surface area contributed by atoms with Crippen molar-refractivity contribution in [3.8, 4) is 0 Å². The van der Waals surface area contributed by atoms with Crippen molar-refractivity contribution >= 4 is 5.69 Å². The standard InChI is InChI=1S/C26H40N2/c1-3-5-6-13-23(4-2)27-18-16-26(17-19-27)21-28(20-22-11-7-8-12-22)25-15-10-9-14-24(25)26/h3,5,9-10,14-15,22-23H,4,6-8,11-13,16-21H2,1-2H3/b5-3-. The molecule has 1 atom stereocenters. The molecule has 1 saturated heterocycles. The number of piperidine rings is 1. The number of hydrogen-bond acceptors (Lipinski definition) is 2. The second-order valence-electron chi connectivity index (χ2n) is 9.57. The number of fused-ring (bicyclic) bond motifs is 2. The van der Waals surface area contributed by atoms with E-state index in [1.807, 2.05) is 0 Å². The van der Waals surface area contributed by atoms with E-state index in [4.69, 9.17) is 0 Å². The van der Waals surface area contributed by atoms with Gasteiger partial charge in [-0.2, -0.15) is 0 Å². The van der Waals surface area contributed by atoms with Crippen LogP contribution in [0.15, 0.2) is 36.4 Å². The van der Waals surface area contributed by atoms with E-state index in [1.165, 1.54) is 84.0 Å². The molecular formula is C26H40N2. The van der Waals surface area contributed by atoms with E-state index in [-0.39, 0.29) is 0 Å². The fourth-order valence-corrected chi connectivity index (χ4v) is 6.25. The molecule has 1 aromatic rings. The number of likely N-dealkylation sites (tertiary alicyclic amines) is 1. The normalized spacial score (nSPS) is 23.7. The van der Waals surface area contributed by atoms with Crippen LogP contribution >= 0.6 is 0 Å². The largest absolute Gasteiger partial charge is 0.370 e. The Hall–Kier alpha value is -1.28. The van der Waals surface area contributed by atoms with E-state index in [0.29, 0.717) is 5.41 Å². The molecule has 2 heteroatoms. The van der Waals surface area contributed by atoms with Gasteiger partial charge < -0.3 is 9.80 Å². The molecule has 4 rings (SSSR count). The minimum absolute atomic E-state index is 0.410. The topological polar surface area (TPSA) is 6.48 Å². The zero-order valence-corrected chi connectivity index (χ0v) is 18.2. The molecule has 0 N–H and O–H groups in total. The number of hydrogen-bond donors (Lipinski definition) is 0. The Balaban J connectivity index is 1.44. The van der Waals surface area contributed by atoms with Gasteiger partial charge in [-0.3, -0.25) is 0 Å². The van der Waals surface area contributed by atoms with Crippen LogP contribution in [-0.4, -0.2) is 37.1 Å². The monoisotopic (exact) mass is 380 g/mol. The lowest BCUT2D eigenvalue weighted by molar-refractivity contribution is 0.112. The van der Waals surface area contributed by atoms with Crippen molar-refractivity contribution in [2.45, 2.75) is 83.1 Å². The smallest absolute Gasteiger partial charge is 0.0405 e. The van der Waals surface area contributed by atoms with Crippen LogP contribution in [0.2, 0.25) is 0 Å². The predicted molar refractivity (Wildman–Crippen MR) is 121 cm³/mol. The lowest BCUT2D eigenvalue weighted by Gasteiger charge is -2.43. The fourth-order valence-electron chi connectivity index (χ4n) is 6.25. The highest BCUT2D eigenvalue weighted by Crippen LogP contribution is 2.48. The van der Waals surface area contributed by atoms with Gasteiger partial charge in [0.05, 0.1) is 0 Å². The Morgan fingerprint density at radius 3 is 2.61 bits per heavy atom. The van der Waals surface area contributed by atoms with Gasteiger partial charge in [-0.25, -0.2) is 0 Å². The number of rotatable bonds is 7. The van der Waals surface area contributed by atoms with Crippen molar-refractivity contribution in [1.29, 1.82) is 0 Å². The van der Waals surface area contributed by atoms with Gasteiger partial charge in [-0.05, 0) is 82.5 Å². The molecule has 154 valence electrons. The van der Waals surface area contributed by atoms with Gasteiger partial charge in [0.2, 0.25) is 0 Å². The van der Waals surface area contributed by atoms with Crippen LogP contribution in [0.5, 0.6) is 0 Å². The van der Waals surface area contributed by atoms with Crippen molar-refractivity contribution in [3.63, 3.8) is 0 Å². The second kappa shape index (κ2) is 9.03. The molecule has 2 aliphatic heterocycles. The molecule has 1 saturated carbocycles. The first kappa shape index (κ1) is 20.0. The van der Waals surface area contributed by atoms with Crippen molar-refractivity contribution in [2.24, 2.45) is 5.92 Å². The third-order valence-corrected chi connectivity index (χ3v) is 7.91. The number of nitrogens with zero attached hydrogens (tertiary/aromatic N) is 2. The minimum atomic E-state index is 0.410. The summed E-state index contributed by atoms with van der Waals surface area (Å²) in [5.41, 5.74) is 3.63. The quantitative estimate of drug-likeness (QED) is 0.522. The van der Waals surface area contributed by atoms with Gasteiger partial charge in [0.15, 0.2) is 0 Å². The summed E-state index contributed by atoms with van der Waals surface area (Å²) in [4.78, 5) is 5.57. The number of benzene rings is 1. The Morgan fingerprint density at radius 1 is 1.14 bits per heavy atom. The van der Waals surface area contributed by atoms with E-state index in [0.717, 1.165) is 12.0 Å². The molecule has 0 aromatic heterocycles. The maximum Gasteiger partial charge on any atom is 0.0405 e. The molecule has 1 spiro atoms. The summed E-state index contributed by atoms with van der Waals surface area (Å²) in [7, 11) is 0. The molecule has 2 heterocycles. The third-order valence-electron chi connectivity index (χ3n) is 7.91. The Morgan fingerprint density at radius 2 is 1.89 bits per heavy atom. The maximum absolute atomic E-state index is 2.80. The van der Waals surface area contributed by atoms with Gasteiger partial charge in [0, 0.05) is 30.2 Å². The highest BCUT2D eigenvalue weighted by Gasteiger charge is 2.45. The zero-order valence-electron chi connectivity index (χ0n) is 18.2. The Bertz CT molecular complexity index is 650. The molecule has 1 aliphatic carbocycles. The molecular weight excluding hydrogens is 340 g/mol. The summed E-state index contributed by atoms with van der Waals surface area (Å²) < 4.78 is 0. The minimum Gasteiger partial charge on any atom is -0.370 e. The Labute approximate surface area is 173 Å². The number of allylic oxidation sites excluding steroid dienone is 2. The van der Waals surface area contributed by atoms with Crippen LogP contribution in [0.1, 0.15) is 77.2 Å². The molecule has 0 bridgehead atoms. The molecule has 0 radical (unpaired) electrons. The molecule has 3 aliphatic rings.